The molecular formula is C27H26F4O2. The minimum Gasteiger partial charge on any atom is -0.348 e. The number of hydrogen-bond acceptors (Lipinski definition) is 2. The zero-order valence-corrected chi connectivity index (χ0v) is 18.6. The lowest BCUT2D eigenvalue weighted by Crippen LogP contribution is -2.27. The van der Waals surface area contributed by atoms with E-state index in [1.54, 1.807) is 37.3 Å². The molecule has 0 aromatic heterocycles. The van der Waals surface area contributed by atoms with Crippen LogP contribution in [0.1, 0.15) is 44.1 Å². The third-order valence-corrected chi connectivity index (χ3v) is 6.08. The summed E-state index contributed by atoms with van der Waals surface area (Å²) in [5.41, 5.74) is 1.37. The monoisotopic (exact) mass is 458 g/mol. The molecule has 2 nitrogen and oxygen atoms in total. The smallest absolute Gasteiger partial charge is 0.186 e. The van der Waals surface area contributed by atoms with Gasteiger partial charge in [-0.15, -0.1) is 0 Å². The molecule has 0 unspecified atom stereocenters. The maximum atomic E-state index is 14.9. The molecule has 1 aliphatic rings. The van der Waals surface area contributed by atoms with E-state index >= 15 is 0 Å². The molecule has 0 N–H and O–H groups in total. The number of ether oxygens (including phenoxy) is 2. The average Bonchev–Trinajstić information content (AvgIpc) is 2.84. The molecule has 0 saturated carbocycles. The van der Waals surface area contributed by atoms with Gasteiger partial charge in [0.1, 0.15) is 0 Å². The quantitative estimate of drug-likeness (QED) is 0.354. The van der Waals surface area contributed by atoms with E-state index in [1.807, 2.05) is 0 Å². The lowest BCUT2D eigenvalue weighted by molar-refractivity contribution is -0.207. The molecule has 0 spiro atoms. The predicted octanol–water partition coefficient (Wildman–Crippen LogP) is 7.60. The second kappa shape index (κ2) is 10.1. The van der Waals surface area contributed by atoms with E-state index in [-0.39, 0.29) is 22.6 Å². The highest BCUT2D eigenvalue weighted by Crippen LogP contribution is 2.34. The second-order valence-electron chi connectivity index (χ2n) is 8.31. The Balaban J connectivity index is 1.57. The molecule has 0 aliphatic carbocycles. The largest absolute Gasteiger partial charge is 0.348 e. The first-order valence-corrected chi connectivity index (χ1v) is 11.2. The number of rotatable bonds is 6. The van der Waals surface area contributed by atoms with Crippen LogP contribution in [0.3, 0.4) is 0 Å². The molecule has 3 aromatic carbocycles. The molecule has 1 fully saturated rings. The predicted molar refractivity (Wildman–Crippen MR) is 120 cm³/mol. The van der Waals surface area contributed by atoms with Crippen LogP contribution in [0.5, 0.6) is 0 Å². The van der Waals surface area contributed by atoms with E-state index in [2.05, 4.69) is 6.92 Å². The maximum absolute atomic E-state index is 14.9. The Labute approximate surface area is 191 Å². The lowest BCUT2D eigenvalue weighted by Gasteiger charge is -2.29. The van der Waals surface area contributed by atoms with Crippen LogP contribution in [-0.2, 0) is 15.9 Å². The molecule has 0 amide bonds. The van der Waals surface area contributed by atoms with Crippen molar-refractivity contribution in [1.29, 1.82) is 0 Å². The Hall–Kier alpha value is -2.70. The fraction of sp³-hybridized carbons (Fsp3) is 0.333. The summed E-state index contributed by atoms with van der Waals surface area (Å²) in [5, 5.41) is 0. The van der Waals surface area contributed by atoms with Crippen molar-refractivity contribution in [3.8, 4) is 22.3 Å². The molecule has 1 aliphatic heterocycles. The Morgan fingerprint density at radius 1 is 0.697 bits per heavy atom. The molecular weight excluding hydrogens is 432 g/mol. The van der Waals surface area contributed by atoms with Crippen molar-refractivity contribution in [3.05, 3.63) is 82.9 Å². The van der Waals surface area contributed by atoms with Crippen molar-refractivity contribution in [2.75, 3.05) is 13.2 Å². The number of aryl methyl sites for hydroxylation is 1. The van der Waals surface area contributed by atoms with Crippen LogP contribution < -0.4 is 0 Å². The van der Waals surface area contributed by atoms with Crippen molar-refractivity contribution < 1.29 is 27.0 Å². The summed E-state index contributed by atoms with van der Waals surface area (Å²) in [6.45, 7) is 4.71. The Kier molecular flexibility index (Phi) is 7.15. The van der Waals surface area contributed by atoms with Crippen LogP contribution in [0.25, 0.3) is 22.3 Å². The minimum absolute atomic E-state index is 0.0244. The van der Waals surface area contributed by atoms with Gasteiger partial charge in [0.15, 0.2) is 29.6 Å². The van der Waals surface area contributed by atoms with Crippen molar-refractivity contribution in [3.63, 3.8) is 0 Å². The SMILES string of the molecule is CCCC1COC(c2ccc(-c3ccc(-c4ccc(CC)c(F)c4F)cc3)c(F)c2F)OC1. The molecule has 33 heavy (non-hydrogen) atoms. The third kappa shape index (κ3) is 4.68. The Morgan fingerprint density at radius 2 is 1.24 bits per heavy atom. The first kappa shape index (κ1) is 23.5. The number of hydrogen-bond donors (Lipinski definition) is 0. The molecule has 0 bridgehead atoms. The summed E-state index contributed by atoms with van der Waals surface area (Å²) < 4.78 is 69.6. The van der Waals surface area contributed by atoms with Gasteiger partial charge < -0.3 is 9.47 Å². The summed E-state index contributed by atoms with van der Waals surface area (Å²) >= 11 is 0. The van der Waals surface area contributed by atoms with Gasteiger partial charge in [0, 0.05) is 22.6 Å². The fourth-order valence-electron chi connectivity index (χ4n) is 4.18. The zero-order valence-electron chi connectivity index (χ0n) is 18.6. The highest BCUT2D eigenvalue weighted by atomic mass is 19.2. The molecule has 6 heteroatoms. The molecule has 3 aromatic rings. The van der Waals surface area contributed by atoms with Gasteiger partial charge >= 0.3 is 0 Å². The van der Waals surface area contributed by atoms with Crippen LogP contribution in [0, 0.1) is 29.2 Å². The van der Waals surface area contributed by atoms with Gasteiger partial charge in [-0.05, 0) is 29.5 Å². The van der Waals surface area contributed by atoms with Crippen LogP contribution in [0.15, 0.2) is 48.5 Å². The van der Waals surface area contributed by atoms with E-state index in [9.17, 15) is 17.6 Å². The molecule has 174 valence electrons. The van der Waals surface area contributed by atoms with Crippen LogP contribution in [0.2, 0.25) is 0 Å². The third-order valence-electron chi connectivity index (χ3n) is 6.08. The first-order chi connectivity index (χ1) is 15.9. The van der Waals surface area contributed by atoms with Crippen molar-refractivity contribution >= 4 is 0 Å². The van der Waals surface area contributed by atoms with E-state index in [1.165, 1.54) is 18.2 Å². The van der Waals surface area contributed by atoms with Gasteiger partial charge in [-0.2, -0.15) is 0 Å². The van der Waals surface area contributed by atoms with Crippen molar-refractivity contribution in [1.82, 2.24) is 0 Å². The summed E-state index contributed by atoms with van der Waals surface area (Å²) in [7, 11) is 0. The number of halogens is 4. The lowest BCUT2D eigenvalue weighted by atomic mass is 9.97. The van der Waals surface area contributed by atoms with Crippen LogP contribution in [-0.4, -0.2) is 13.2 Å². The topological polar surface area (TPSA) is 18.5 Å². The van der Waals surface area contributed by atoms with Gasteiger partial charge in [0.25, 0.3) is 0 Å². The van der Waals surface area contributed by atoms with Crippen LogP contribution >= 0.6 is 0 Å². The van der Waals surface area contributed by atoms with Gasteiger partial charge in [0.05, 0.1) is 13.2 Å². The van der Waals surface area contributed by atoms with Gasteiger partial charge in [-0.3, -0.25) is 0 Å². The normalized spacial score (nSPS) is 18.5. The number of benzene rings is 3. The van der Waals surface area contributed by atoms with Gasteiger partial charge in [0.2, 0.25) is 0 Å². The zero-order chi connectivity index (χ0) is 23.5. The summed E-state index contributed by atoms with van der Waals surface area (Å²) in [4.78, 5) is 0. The molecule has 1 heterocycles. The van der Waals surface area contributed by atoms with Crippen molar-refractivity contribution in [2.24, 2.45) is 5.92 Å². The van der Waals surface area contributed by atoms with E-state index in [0.717, 1.165) is 12.8 Å². The minimum atomic E-state index is -1.02. The standard InChI is InChI=1S/C27H26F4O2/c1-3-5-16-14-32-27(33-15-16)22-13-12-21(25(30)26(22)31)19-8-6-18(7-9-19)20-11-10-17(4-2)23(28)24(20)29/h6-13,16,27H,3-5,14-15H2,1-2H3. The summed E-state index contributed by atoms with van der Waals surface area (Å²) in [6, 6.07) is 12.2. The second-order valence-corrected chi connectivity index (χ2v) is 8.31. The molecule has 1 saturated heterocycles. The van der Waals surface area contributed by atoms with Crippen molar-refractivity contribution in [2.45, 2.75) is 39.4 Å². The van der Waals surface area contributed by atoms with Crippen LogP contribution in [0.4, 0.5) is 17.6 Å². The average molecular weight is 458 g/mol. The van der Waals surface area contributed by atoms with Gasteiger partial charge in [-0.1, -0.05) is 68.8 Å². The van der Waals surface area contributed by atoms with E-state index in [0.29, 0.717) is 36.3 Å². The van der Waals surface area contributed by atoms with E-state index in [4.69, 9.17) is 9.47 Å². The Bertz CT molecular complexity index is 1120. The molecule has 0 radical (unpaired) electrons. The first-order valence-electron chi connectivity index (χ1n) is 11.2. The molecule has 0 atom stereocenters. The maximum Gasteiger partial charge on any atom is 0.186 e. The highest BCUT2D eigenvalue weighted by Gasteiger charge is 2.27. The van der Waals surface area contributed by atoms with Gasteiger partial charge in [-0.25, -0.2) is 17.6 Å². The summed E-state index contributed by atoms with van der Waals surface area (Å²) in [5.74, 6) is -3.55. The molecule has 4 rings (SSSR count). The summed E-state index contributed by atoms with van der Waals surface area (Å²) in [6.07, 6.45) is 1.41. The Morgan fingerprint density at radius 3 is 1.79 bits per heavy atom. The fourth-order valence-corrected chi connectivity index (χ4v) is 4.18. The van der Waals surface area contributed by atoms with E-state index < -0.39 is 29.6 Å². The highest BCUT2D eigenvalue weighted by molar-refractivity contribution is 5.71.